The lowest BCUT2D eigenvalue weighted by atomic mass is 9.97. The van der Waals surface area contributed by atoms with E-state index < -0.39 is 0 Å². The lowest BCUT2D eigenvalue weighted by Gasteiger charge is -2.29. The standard InChI is InChI=1S/C11H20N6/c1-17-4-2-8(3-5-17)7-14-10-6-9(12)15-11(13)16-10/h6,8H,2-5,7H2,1H3,(H5,12,13,14,15,16). The van der Waals surface area contributed by atoms with E-state index in [2.05, 4.69) is 27.2 Å². The van der Waals surface area contributed by atoms with E-state index in [0.29, 0.717) is 17.6 Å². The molecule has 0 spiro atoms. The van der Waals surface area contributed by atoms with Crippen molar-refractivity contribution in [3.63, 3.8) is 0 Å². The van der Waals surface area contributed by atoms with Crippen molar-refractivity contribution in [2.75, 3.05) is 43.5 Å². The molecular weight excluding hydrogens is 216 g/mol. The summed E-state index contributed by atoms with van der Waals surface area (Å²) in [5.41, 5.74) is 11.1. The van der Waals surface area contributed by atoms with Gasteiger partial charge in [-0.15, -0.1) is 0 Å². The molecule has 2 heterocycles. The van der Waals surface area contributed by atoms with Gasteiger partial charge in [0.15, 0.2) is 0 Å². The SMILES string of the molecule is CN1CCC(CNc2cc(N)nc(N)n2)CC1. The first-order chi connectivity index (χ1) is 8.13. The Morgan fingerprint density at radius 2 is 2.06 bits per heavy atom. The molecule has 1 aromatic rings. The number of aromatic nitrogens is 2. The summed E-state index contributed by atoms with van der Waals surface area (Å²) in [7, 11) is 2.16. The number of hydrogen-bond donors (Lipinski definition) is 3. The molecule has 0 saturated carbocycles. The van der Waals surface area contributed by atoms with Crippen molar-refractivity contribution in [3.8, 4) is 0 Å². The highest BCUT2D eigenvalue weighted by atomic mass is 15.1. The Balaban J connectivity index is 1.85. The number of rotatable bonds is 3. The highest BCUT2D eigenvalue weighted by Gasteiger charge is 2.16. The van der Waals surface area contributed by atoms with Gasteiger partial charge in [0.1, 0.15) is 11.6 Å². The largest absolute Gasteiger partial charge is 0.383 e. The van der Waals surface area contributed by atoms with Gasteiger partial charge < -0.3 is 21.7 Å². The molecule has 2 rings (SSSR count). The van der Waals surface area contributed by atoms with E-state index in [1.165, 1.54) is 25.9 Å². The summed E-state index contributed by atoms with van der Waals surface area (Å²) in [5, 5.41) is 3.28. The number of nitrogen functional groups attached to an aromatic ring is 2. The summed E-state index contributed by atoms with van der Waals surface area (Å²) in [6, 6.07) is 1.71. The Morgan fingerprint density at radius 3 is 2.71 bits per heavy atom. The summed E-state index contributed by atoms with van der Waals surface area (Å²) in [6.07, 6.45) is 2.44. The maximum Gasteiger partial charge on any atom is 0.223 e. The third-order valence-corrected chi connectivity index (χ3v) is 3.17. The highest BCUT2D eigenvalue weighted by Crippen LogP contribution is 2.17. The third kappa shape index (κ3) is 3.45. The minimum Gasteiger partial charge on any atom is -0.383 e. The molecule has 1 aromatic heterocycles. The lowest BCUT2D eigenvalue weighted by molar-refractivity contribution is 0.226. The smallest absolute Gasteiger partial charge is 0.223 e. The lowest BCUT2D eigenvalue weighted by Crippen LogP contribution is -2.33. The number of piperidine rings is 1. The molecule has 94 valence electrons. The summed E-state index contributed by atoms with van der Waals surface area (Å²) in [5.74, 6) is 2.04. The van der Waals surface area contributed by atoms with Gasteiger partial charge in [-0.2, -0.15) is 9.97 Å². The van der Waals surface area contributed by atoms with Crippen molar-refractivity contribution < 1.29 is 0 Å². The first kappa shape index (κ1) is 11.9. The van der Waals surface area contributed by atoms with Crippen LogP contribution in [-0.4, -0.2) is 41.5 Å². The average molecular weight is 236 g/mol. The van der Waals surface area contributed by atoms with Gasteiger partial charge in [0, 0.05) is 12.6 Å². The van der Waals surface area contributed by atoms with Crippen molar-refractivity contribution in [2.24, 2.45) is 5.92 Å². The van der Waals surface area contributed by atoms with Gasteiger partial charge in [-0.3, -0.25) is 0 Å². The molecule has 1 aliphatic rings. The second-order valence-electron chi connectivity index (χ2n) is 4.66. The fourth-order valence-corrected chi connectivity index (χ4v) is 2.09. The zero-order valence-corrected chi connectivity index (χ0v) is 10.2. The predicted octanol–water partition coefficient (Wildman–Crippen LogP) is 0.395. The monoisotopic (exact) mass is 236 g/mol. The summed E-state index contributed by atoms with van der Waals surface area (Å²) in [4.78, 5) is 10.3. The number of hydrogen-bond acceptors (Lipinski definition) is 6. The Bertz CT molecular complexity index is 352. The first-order valence-electron chi connectivity index (χ1n) is 5.96. The van der Waals surface area contributed by atoms with Crippen LogP contribution in [0.1, 0.15) is 12.8 Å². The maximum absolute atomic E-state index is 5.61. The molecule has 1 fully saturated rings. The van der Waals surface area contributed by atoms with Crippen molar-refractivity contribution in [2.45, 2.75) is 12.8 Å². The molecule has 1 aliphatic heterocycles. The molecule has 0 aliphatic carbocycles. The van der Waals surface area contributed by atoms with Crippen LogP contribution in [0.3, 0.4) is 0 Å². The summed E-state index contributed by atoms with van der Waals surface area (Å²) < 4.78 is 0. The Hall–Kier alpha value is -1.56. The van der Waals surface area contributed by atoms with Crippen molar-refractivity contribution >= 4 is 17.6 Å². The van der Waals surface area contributed by atoms with Gasteiger partial charge in [-0.1, -0.05) is 0 Å². The molecule has 5 N–H and O–H groups in total. The first-order valence-corrected chi connectivity index (χ1v) is 5.96. The molecule has 0 aromatic carbocycles. The Morgan fingerprint density at radius 1 is 1.35 bits per heavy atom. The maximum atomic E-state index is 5.61. The number of likely N-dealkylation sites (tertiary alicyclic amines) is 1. The van der Waals surface area contributed by atoms with Crippen LogP contribution in [0.2, 0.25) is 0 Å². The molecule has 6 heteroatoms. The van der Waals surface area contributed by atoms with Gasteiger partial charge in [0.25, 0.3) is 0 Å². The zero-order valence-electron chi connectivity index (χ0n) is 10.2. The molecular formula is C11H20N6. The van der Waals surface area contributed by atoms with E-state index in [-0.39, 0.29) is 5.95 Å². The van der Waals surface area contributed by atoms with Crippen LogP contribution in [0, 0.1) is 5.92 Å². The molecule has 0 atom stereocenters. The number of anilines is 3. The molecule has 0 amide bonds. The molecule has 0 unspecified atom stereocenters. The van der Waals surface area contributed by atoms with Crippen LogP contribution in [-0.2, 0) is 0 Å². The second kappa shape index (κ2) is 5.18. The number of nitrogens with zero attached hydrogens (tertiary/aromatic N) is 3. The predicted molar refractivity (Wildman–Crippen MR) is 69.6 cm³/mol. The molecule has 17 heavy (non-hydrogen) atoms. The van der Waals surface area contributed by atoms with Crippen LogP contribution < -0.4 is 16.8 Å². The molecule has 0 radical (unpaired) electrons. The van der Waals surface area contributed by atoms with Crippen LogP contribution in [0.5, 0.6) is 0 Å². The van der Waals surface area contributed by atoms with E-state index in [1.54, 1.807) is 6.07 Å². The van der Waals surface area contributed by atoms with Crippen LogP contribution in [0.4, 0.5) is 17.6 Å². The fourth-order valence-electron chi connectivity index (χ4n) is 2.09. The summed E-state index contributed by atoms with van der Waals surface area (Å²) in [6.45, 7) is 3.25. The fraction of sp³-hybridized carbons (Fsp3) is 0.636. The Labute approximate surface area is 101 Å². The van der Waals surface area contributed by atoms with Crippen LogP contribution in [0.25, 0.3) is 0 Å². The number of nitrogens with two attached hydrogens (primary N) is 2. The van der Waals surface area contributed by atoms with Crippen molar-refractivity contribution in [1.29, 1.82) is 0 Å². The third-order valence-electron chi connectivity index (χ3n) is 3.17. The number of nitrogens with one attached hydrogen (secondary N) is 1. The van der Waals surface area contributed by atoms with Gasteiger partial charge in [-0.05, 0) is 38.9 Å². The molecule has 0 bridgehead atoms. The molecule has 1 saturated heterocycles. The second-order valence-corrected chi connectivity index (χ2v) is 4.66. The van der Waals surface area contributed by atoms with E-state index in [0.717, 1.165) is 6.54 Å². The minimum atomic E-state index is 0.218. The van der Waals surface area contributed by atoms with E-state index in [1.807, 2.05) is 0 Å². The van der Waals surface area contributed by atoms with Crippen molar-refractivity contribution in [3.05, 3.63) is 6.07 Å². The van der Waals surface area contributed by atoms with E-state index in [4.69, 9.17) is 11.5 Å². The van der Waals surface area contributed by atoms with Crippen LogP contribution >= 0.6 is 0 Å². The quantitative estimate of drug-likeness (QED) is 0.703. The average Bonchev–Trinajstić information content (AvgIpc) is 2.27. The summed E-state index contributed by atoms with van der Waals surface area (Å²) >= 11 is 0. The minimum absolute atomic E-state index is 0.218. The van der Waals surface area contributed by atoms with Gasteiger partial charge in [0.2, 0.25) is 5.95 Å². The zero-order chi connectivity index (χ0) is 12.3. The normalized spacial score (nSPS) is 18.2. The Kier molecular flexibility index (Phi) is 3.63. The van der Waals surface area contributed by atoms with Gasteiger partial charge in [-0.25, -0.2) is 0 Å². The van der Waals surface area contributed by atoms with Gasteiger partial charge in [0.05, 0.1) is 0 Å². The van der Waals surface area contributed by atoms with Crippen molar-refractivity contribution in [1.82, 2.24) is 14.9 Å². The van der Waals surface area contributed by atoms with Crippen LogP contribution in [0.15, 0.2) is 6.07 Å². The van der Waals surface area contributed by atoms with E-state index >= 15 is 0 Å². The van der Waals surface area contributed by atoms with E-state index in [9.17, 15) is 0 Å². The molecule has 6 nitrogen and oxygen atoms in total. The van der Waals surface area contributed by atoms with Gasteiger partial charge >= 0.3 is 0 Å². The topological polar surface area (TPSA) is 93.1 Å². The highest BCUT2D eigenvalue weighted by molar-refractivity contribution is 5.48.